The highest BCUT2D eigenvalue weighted by molar-refractivity contribution is 7.10. The van der Waals surface area contributed by atoms with Gasteiger partial charge >= 0.3 is 0 Å². The monoisotopic (exact) mass is 440 g/mol. The number of thiophene rings is 1. The fourth-order valence-corrected chi connectivity index (χ4v) is 5.42. The van der Waals surface area contributed by atoms with Gasteiger partial charge in [0.05, 0.1) is 19.7 Å². The molecule has 0 spiro atoms. The topological polar surface area (TPSA) is 49.9 Å². The Labute approximate surface area is 189 Å². The molecule has 1 aliphatic carbocycles. The Morgan fingerprint density at radius 3 is 2.61 bits per heavy atom. The number of carbonyl (C=O) groups excluding carboxylic acids is 2. The van der Waals surface area contributed by atoms with Crippen LogP contribution in [0.4, 0.5) is 0 Å². The van der Waals surface area contributed by atoms with E-state index in [9.17, 15) is 9.59 Å². The molecule has 1 saturated carbocycles. The van der Waals surface area contributed by atoms with Crippen LogP contribution < -0.4 is 4.74 Å². The minimum absolute atomic E-state index is 0.0430. The van der Waals surface area contributed by atoms with Crippen molar-refractivity contribution in [1.82, 2.24) is 9.80 Å². The number of amides is 2. The van der Waals surface area contributed by atoms with Gasteiger partial charge in [0.15, 0.2) is 0 Å². The number of rotatable bonds is 8. The summed E-state index contributed by atoms with van der Waals surface area (Å²) in [7, 11) is 1.66. The molecular formula is C25H32N2O3S. The number of methoxy groups -OCH3 is 1. The summed E-state index contributed by atoms with van der Waals surface area (Å²) in [5.74, 6) is 1.13. The van der Waals surface area contributed by atoms with E-state index in [2.05, 4.69) is 18.4 Å². The van der Waals surface area contributed by atoms with Gasteiger partial charge in [0.25, 0.3) is 0 Å². The Hall–Kier alpha value is -2.34. The maximum atomic E-state index is 13.6. The van der Waals surface area contributed by atoms with Crippen molar-refractivity contribution >= 4 is 23.2 Å². The van der Waals surface area contributed by atoms with Crippen LogP contribution in [-0.2, 0) is 16.0 Å². The van der Waals surface area contributed by atoms with E-state index in [-0.39, 0.29) is 30.3 Å². The van der Waals surface area contributed by atoms with E-state index in [0.717, 1.165) is 49.8 Å². The highest BCUT2D eigenvalue weighted by Crippen LogP contribution is 2.38. The van der Waals surface area contributed by atoms with Crippen molar-refractivity contribution in [2.75, 3.05) is 26.7 Å². The molecule has 0 radical (unpaired) electrons. The van der Waals surface area contributed by atoms with Crippen molar-refractivity contribution in [3.63, 3.8) is 0 Å². The van der Waals surface area contributed by atoms with Crippen LogP contribution in [0.15, 0.2) is 35.7 Å². The summed E-state index contributed by atoms with van der Waals surface area (Å²) in [6.07, 6.45) is 5.87. The molecule has 2 amide bonds. The molecule has 1 unspecified atom stereocenters. The van der Waals surface area contributed by atoms with Gasteiger partial charge in [-0.05, 0) is 60.4 Å². The van der Waals surface area contributed by atoms with E-state index in [1.165, 1.54) is 10.4 Å². The third-order valence-electron chi connectivity index (χ3n) is 6.59. The highest BCUT2D eigenvalue weighted by Gasteiger charge is 2.35. The van der Waals surface area contributed by atoms with Crippen LogP contribution in [0.25, 0.3) is 0 Å². The molecule has 2 aromatic rings. The van der Waals surface area contributed by atoms with Crippen molar-refractivity contribution in [3.8, 4) is 5.75 Å². The molecule has 4 rings (SSSR count). The molecule has 0 N–H and O–H groups in total. The number of ether oxygens (including phenoxy) is 1. The third kappa shape index (κ3) is 4.64. The molecule has 1 aliphatic heterocycles. The summed E-state index contributed by atoms with van der Waals surface area (Å²) in [6, 6.07) is 10.0. The SMILES string of the molecule is CCCCN(CC(=O)N1CCc2sccc2C1c1ccc(OC)cc1)C(=O)C1CCC1. The first-order chi connectivity index (χ1) is 15.1. The maximum Gasteiger partial charge on any atom is 0.242 e. The highest BCUT2D eigenvalue weighted by atomic mass is 32.1. The molecule has 1 aromatic heterocycles. The summed E-state index contributed by atoms with van der Waals surface area (Å²) in [6.45, 7) is 3.66. The quantitative estimate of drug-likeness (QED) is 0.600. The Morgan fingerprint density at radius 1 is 1.19 bits per heavy atom. The second-order valence-electron chi connectivity index (χ2n) is 8.55. The van der Waals surface area contributed by atoms with Crippen LogP contribution >= 0.6 is 11.3 Å². The Balaban J connectivity index is 1.57. The van der Waals surface area contributed by atoms with E-state index < -0.39 is 0 Å². The van der Waals surface area contributed by atoms with E-state index >= 15 is 0 Å². The van der Waals surface area contributed by atoms with E-state index in [1.807, 2.05) is 34.1 Å². The minimum atomic E-state index is -0.111. The number of carbonyl (C=O) groups is 2. The van der Waals surface area contributed by atoms with Gasteiger partial charge in [-0.15, -0.1) is 11.3 Å². The molecule has 2 aliphatic rings. The van der Waals surface area contributed by atoms with Crippen molar-refractivity contribution in [2.45, 2.75) is 51.5 Å². The van der Waals surface area contributed by atoms with E-state index in [1.54, 1.807) is 18.4 Å². The smallest absolute Gasteiger partial charge is 0.242 e. The zero-order valence-corrected chi connectivity index (χ0v) is 19.3. The fourth-order valence-electron chi connectivity index (χ4n) is 4.51. The maximum absolute atomic E-state index is 13.6. The van der Waals surface area contributed by atoms with Crippen LogP contribution in [0, 0.1) is 5.92 Å². The summed E-state index contributed by atoms with van der Waals surface area (Å²) >= 11 is 1.76. The second-order valence-corrected chi connectivity index (χ2v) is 9.55. The van der Waals surface area contributed by atoms with Crippen molar-refractivity contribution in [2.24, 2.45) is 5.92 Å². The standard InChI is InChI=1S/C25H32N2O3S/c1-3-4-14-26(25(29)19-6-5-7-19)17-23(28)27-15-12-22-21(13-16-31-22)24(27)18-8-10-20(30-2)11-9-18/h8-11,13,16,19,24H,3-7,12,14-15,17H2,1-2H3. The van der Waals surface area contributed by atoms with Gasteiger partial charge in [-0.2, -0.15) is 0 Å². The lowest BCUT2D eigenvalue weighted by molar-refractivity contribution is -0.145. The molecule has 0 saturated heterocycles. The number of unbranched alkanes of at least 4 members (excludes halogenated alkanes) is 1. The largest absolute Gasteiger partial charge is 0.497 e. The molecule has 5 nitrogen and oxygen atoms in total. The molecule has 1 aromatic carbocycles. The average molecular weight is 441 g/mol. The van der Waals surface area contributed by atoms with Crippen molar-refractivity contribution < 1.29 is 14.3 Å². The first-order valence-corrected chi connectivity index (χ1v) is 12.3. The summed E-state index contributed by atoms with van der Waals surface area (Å²) in [5.41, 5.74) is 2.29. The second kappa shape index (κ2) is 9.86. The van der Waals surface area contributed by atoms with Crippen molar-refractivity contribution in [1.29, 1.82) is 0 Å². The Morgan fingerprint density at radius 2 is 1.97 bits per heavy atom. The molecule has 2 heterocycles. The molecule has 1 atom stereocenters. The van der Waals surface area contributed by atoms with Gasteiger partial charge in [0.2, 0.25) is 11.8 Å². The fraction of sp³-hybridized carbons (Fsp3) is 0.520. The predicted octanol–water partition coefficient (Wildman–Crippen LogP) is 4.66. The van der Waals surface area contributed by atoms with E-state index in [0.29, 0.717) is 13.1 Å². The number of nitrogens with zero attached hydrogens (tertiary/aromatic N) is 2. The predicted molar refractivity (Wildman–Crippen MR) is 123 cm³/mol. The van der Waals surface area contributed by atoms with Crippen LogP contribution in [0.5, 0.6) is 5.75 Å². The van der Waals surface area contributed by atoms with Crippen LogP contribution in [0.3, 0.4) is 0 Å². The van der Waals surface area contributed by atoms with Gasteiger partial charge in [-0.3, -0.25) is 9.59 Å². The molecule has 31 heavy (non-hydrogen) atoms. The summed E-state index contributed by atoms with van der Waals surface area (Å²) < 4.78 is 5.32. The zero-order chi connectivity index (χ0) is 21.8. The zero-order valence-electron chi connectivity index (χ0n) is 18.5. The third-order valence-corrected chi connectivity index (χ3v) is 7.59. The van der Waals surface area contributed by atoms with Crippen LogP contribution in [0.2, 0.25) is 0 Å². The summed E-state index contributed by atoms with van der Waals surface area (Å²) in [5, 5.41) is 2.11. The summed E-state index contributed by atoms with van der Waals surface area (Å²) in [4.78, 5) is 31.7. The minimum Gasteiger partial charge on any atom is -0.497 e. The first kappa shape index (κ1) is 21.9. The molecule has 6 heteroatoms. The lowest BCUT2D eigenvalue weighted by Gasteiger charge is -2.38. The number of hydrogen-bond donors (Lipinski definition) is 0. The number of fused-ring (bicyclic) bond motifs is 1. The van der Waals surface area contributed by atoms with Gasteiger partial charge in [-0.1, -0.05) is 31.9 Å². The molecule has 1 fully saturated rings. The van der Waals surface area contributed by atoms with Crippen LogP contribution in [-0.4, -0.2) is 48.4 Å². The Bertz CT molecular complexity index is 904. The number of hydrogen-bond acceptors (Lipinski definition) is 4. The average Bonchev–Trinajstić information content (AvgIpc) is 3.23. The molecular weight excluding hydrogens is 408 g/mol. The molecule has 0 bridgehead atoms. The Kier molecular flexibility index (Phi) is 6.96. The van der Waals surface area contributed by atoms with Gasteiger partial charge < -0.3 is 14.5 Å². The molecule has 166 valence electrons. The van der Waals surface area contributed by atoms with Crippen LogP contribution in [0.1, 0.15) is 61.1 Å². The van der Waals surface area contributed by atoms with Crippen molar-refractivity contribution in [3.05, 3.63) is 51.7 Å². The lowest BCUT2D eigenvalue weighted by Crippen LogP contribution is -2.48. The van der Waals surface area contributed by atoms with Gasteiger partial charge in [-0.25, -0.2) is 0 Å². The lowest BCUT2D eigenvalue weighted by atomic mass is 9.84. The van der Waals surface area contributed by atoms with Gasteiger partial charge in [0.1, 0.15) is 5.75 Å². The normalized spacial score (nSPS) is 18.3. The number of benzene rings is 1. The first-order valence-electron chi connectivity index (χ1n) is 11.4. The van der Waals surface area contributed by atoms with E-state index in [4.69, 9.17) is 4.74 Å². The van der Waals surface area contributed by atoms with Gasteiger partial charge in [0, 0.05) is 23.9 Å².